The van der Waals surface area contributed by atoms with E-state index in [-0.39, 0.29) is 0 Å². The molecule has 2 rings (SSSR count). The molecule has 0 saturated heterocycles. The molecule has 0 aromatic carbocycles. The molecule has 1 aliphatic rings. The number of guanidine groups is 1. The van der Waals surface area contributed by atoms with E-state index in [4.69, 9.17) is 9.72 Å². The van der Waals surface area contributed by atoms with E-state index in [0.717, 1.165) is 38.5 Å². The normalized spacial score (nSPS) is 14.7. The van der Waals surface area contributed by atoms with Crippen molar-refractivity contribution in [3.8, 4) is 0 Å². The van der Waals surface area contributed by atoms with Gasteiger partial charge in [0.05, 0.1) is 17.3 Å². The van der Waals surface area contributed by atoms with Crippen molar-refractivity contribution in [2.24, 2.45) is 4.99 Å². The summed E-state index contributed by atoms with van der Waals surface area (Å²) in [6.45, 7) is 5.17. The summed E-state index contributed by atoms with van der Waals surface area (Å²) < 4.78 is 5.30. The Kier molecular flexibility index (Phi) is 7.66. The number of thiazole rings is 1. The lowest BCUT2D eigenvalue weighted by atomic mass is 10.0. The van der Waals surface area contributed by atoms with Crippen LogP contribution in [0.5, 0.6) is 0 Å². The molecule has 0 atom stereocenters. The number of hydrogen-bond acceptors (Lipinski definition) is 4. The van der Waals surface area contributed by atoms with Gasteiger partial charge in [-0.15, -0.1) is 11.3 Å². The lowest BCUT2D eigenvalue weighted by molar-refractivity contribution is 0.152. The lowest BCUT2D eigenvalue weighted by Crippen LogP contribution is -2.39. The quantitative estimate of drug-likeness (QED) is 0.437. The van der Waals surface area contributed by atoms with Gasteiger partial charge >= 0.3 is 0 Å². The Morgan fingerprint density at radius 2 is 2.09 bits per heavy atom. The number of rotatable bonds is 8. The van der Waals surface area contributed by atoms with Crippen molar-refractivity contribution >= 4 is 17.3 Å². The molecule has 0 radical (unpaired) electrons. The number of nitrogens with one attached hydrogen (secondary N) is 2. The van der Waals surface area contributed by atoms with Crippen LogP contribution in [0, 0.1) is 0 Å². The molecule has 0 unspecified atom stereocenters. The Labute approximate surface area is 137 Å². The molecule has 0 amide bonds. The zero-order valence-corrected chi connectivity index (χ0v) is 14.6. The highest BCUT2D eigenvalue weighted by Crippen LogP contribution is 2.27. The molecule has 1 aromatic rings. The van der Waals surface area contributed by atoms with E-state index in [2.05, 4.69) is 15.6 Å². The van der Waals surface area contributed by atoms with Crippen LogP contribution in [0.2, 0.25) is 0 Å². The van der Waals surface area contributed by atoms with Crippen LogP contribution in [0.4, 0.5) is 0 Å². The first-order chi connectivity index (χ1) is 10.8. The van der Waals surface area contributed by atoms with Gasteiger partial charge in [-0.2, -0.15) is 0 Å². The number of ether oxygens (including phenoxy) is 1. The standard InChI is InChI=1S/C16H28N4OS/c1-3-21-12-11-19-16(17-2)18-10-6-9-15-20-13-7-4-5-8-14(13)22-15/h3-12H2,1-2H3,(H2,17,18,19). The Hall–Kier alpha value is -1.14. The van der Waals surface area contributed by atoms with Crippen molar-refractivity contribution in [3.05, 3.63) is 15.6 Å². The van der Waals surface area contributed by atoms with Crippen LogP contribution >= 0.6 is 11.3 Å². The summed E-state index contributed by atoms with van der Waals surface area (Å²) in [7, 11) is 1.80. The Balaban J connectivity index is 1.62. The number of hydrogen-bond donors (Lipinski definition) is 2. The van der Waals surface area contributed by atoms with E-state index in [1.165, 1.54) is 41.3 Å². The fraction of sp³-hybridized carbons (Fsp3) is 0.750. The summed E-state index contributed by atoms with van der Waals surface area (Å²) in [6, 6.07) is 0. The van der Waals surface area contributed by atoms with E-state index in [1.807, 2.05) is 18.3 Å². The van der Waals surface area contributed by atoms with Gasteiger partial charge in [-0.05, 0) is 39.0 Å². The number of fused-ring (bicyclic) bond motifs is 1. The molecule has 1 aliphatic carbocycles. The smallest absolute Gasteiger partial charge is 0.191 e. The van der Waals surface area contributed by atoms with Gasteiger partial charge in [0.15, 0.2) is 5.96 Å². The molecule has 1 aromatic heterocycles. The molecule has 22 heavy (non-hydrogen) atoms. The molecule has 124 valence electrons. The van der Waals surface area contributed by atoms with Gasteiger partial charge in [0, 0.05) is 38.0 Å². The molecule has 6 heteroatoms. The van der Waals surface area contributed by atoms with Crippen molar-refractivity contribution in [1.82, 2.24) is 15.6 Å². The number of aryl methyl sites for hydroxylation is 3. The minimum absolute atomic E-state index is 0.710. The van der Waals surface area contributed by atoms with Crippen LogP contribution < -0.4 is 10.6 Å². The minimum atomic E-state index is 0.710. The second-order valence-corrected chi connectivity index (χ2v) is 6.58. The van der Waals surface area contributed by atoms with Crippen molar-refractivity contribution in [1.29, 1.82) is 0 Å². The Bertz CT molecular complexity index is 449. The van der Waals surface area contributed by atoms with E-state index in [0.29, 0.717) is 6.61 Å². The Morgan fingerprint density at radius 3 is 2.86 bits per heavy atom. The third-order valence-electron chi connectivity index (χ3n) is 3.72. The molecular weight excluding hydrogens is 296 g/mol. The second-order valence-electron chi connectivity index (χ2n) is 5.41. The number of aliphatic imine (C=N–C) groups is 1. The molecular formula is C16H28N4OS. The predicted octanol–water partition coefficient (Wildman–Crippen LogP) is 2.16. The van der Waals surface area contributed by atoms with E-state index in [9.17, 15) is 0 Å². The van der Waals surface area contributed by atoms with Crippen molar-refractivity contribution in [2.75, 3.05) is 33.4 Å². The highest BCUT2D eigenvalue weighted by Gasteiger charge is 2.14. The molecule has 0 spiro atoms. The molecule has 0 fully saturated rings. The first kappa shape index (κ1) is 17.2. The first-order valence-corrected chi connectivity index (χ1v) is 9.15. The van der Waals surface area contributed by atoms with Crippen molar-refractivity contribution < 1.29 is 4.74 Å². The lowest BCUT2D eigenvalue weighted by Gasteiger charge is -2.11. The third-order valence-corrected chi connectivity index (χ3v) is 4.93. The minimum Gasteiger partial charge on any atom is -0.380 e. The van der Waals surface area contributed by atoms with Gasteiger partial charge in [0.2, 0.25) is 0 Å². The fourth-order valence-electron chi connectivity index (χ4n) is 2.57. The summed E-state index contributed by atoms with van der Waals surface area (Å²) in [4.78, 5) is 10.5. The fourth-order valence-corrected chi connectivity index (χ4v) is 3.76. The Morgan fingerprint density at radius 1 is 1.27 bits per heavy atom. The zero-order valence-electron chi connectivity index (χ0n) is 13.8. The summed E-state index contributed by atoms with van der Waals surface area (Å²) in [5, 5.41) is 7.88. The van der Waals surface area contributed by atoms with Gasteiger partial charge in [-0.3, -0.25) is 4.99 Å². The van der Waals surface area contributed by atoms with Crippen LogP contribution in [0.15, 0.2) is 4.99 Å². The molecule has 0 bridgehead atoms. The predicted molar refractivity (Wildman–Crippen MR) is 92.9 cm³/mol. The number of nitrogens with zero attached hydrogens (tertiary/aromatic N) is 2. The monoisotopic (exact) mass is 324 g/mol. The van der Waals surface area contributed by atoms with Gasteiger partial charge in [0.25, 0.3) is 0 Å². The highest BCUT2D eigenvalue weighted by molar-refractivity contribution is 7.11. The van der Waals surface area contributed by atoms with Crippen LogP contribution in [0.3, 0.4) is 0 Å². The van der Waals surface area contributed by atoms with Crippen LogP contribution in [0.1, 0.15) is 41.8 Å². The molecule has 2 N–H and O–H groups in total. The maximum atomic E-state index is 5.30. The average molecular weight is 324 g/mol. The summed E-state index contributed by atoms with van der Waals surface area (Å²) in [5.74, 6) is 0.845. The third kappa shape index (κ3) is 5.57. The van der Waals surface area contributed by atoms with E-state index >= 15 is 0 Å². The van der Waals surface area contributed by atoms with Crippen molar-refractivity contribution in [3.63, 3.8) is 0 Å². The zero-order chi connectivity index (χ0) is 15.6. The number of aromatic nitrogens is 1. The maximum absolute atomic E-state index is 5.30. The van der Waals surface area contributed by atoms with Gasteiger partial charge in [-0.25, -0.2) is 4.98 Å². The molecule has 0 saturated carbocycles. The second kappa shape index (κ2) is 9.79. The maximum Gasteiger partial charge on any atom is 0.191 e. The largest absolute Gasteiger partial charge is 0.380 e. The van der Waals surface area contributed by atoms with Crippen LogP contribution in [-0.4, -0.2) is 44.3 Å². The van der Waals surface area contributed by atoms with Crippen LogP contribution in [0.25, 0.3) is 0 Å². The average Bonchev–Trinajstić information content (AvgIpc) is 2.96. The first-order valence-electron chi connectivity index (χ1n) is 8.33. The highest BCUT2D eigenvalue weighted by atomic mass is 32.1. The van der Waals surface area contributed by atoms with E-state index in [1.54, 1.807) is 7.05 Å². The molecule has 0 aliphatic heterocycles. The van der Waals surface area contributed by atoms with Gasteiger partial charge < -0.3 is 15.4 Å². The van der Waals surface area contributed by atoms with Crippen molar-refractivity contribution in [2.45, 2.75) is 45.4 Å². The molecule has 1 heterocycles. The van der Waals surface area contributed by atoms with Gasteiger partial charge in [-0.1, -0.05) is 0 Å². The topological polar surface area (TPSA) is 58.5 Å². The SMILES string of the molecule is CCOCCNC(=NC)NCCCc1nc2c(s1)CCCC2. The molecule has 5 nitrogen and oxygen atoms in total. The summed E-state index contributed by atoms with van der Waals surface area (Å²) >= 11 is 1.92. The summed E-state index contributed by atoms with van der Waals surface area (Å²) in [6.07, 6.45) is 7.20. The van der Waals surface area contributed by atoms with Gasteiger partial charge in [0.1, 0.15) is 0 Å². The van der Waals surface area contributed by atoms with E-state index < -0.39 is 0 Å². The van der Waals surface area contributed by atoms with Crippen LogP contribution in [-0.2, 0) is 24.0 Å². The summed E-state index contributed by atoms with van der Waals surface area (Å²) in [5.41, 5.74) is 1.37.